The molecule has 0 bridgehead atoms. The van der Waals surface area contributed by atoms with Gasteiger partial charge in [0.1, 0.15) is 16.2 Å². The minimum Gasteiger partial charge on any atom is -0.492 e. The number of unbranched alkanes of at least 4 members (excludes halogenated alkanes) is 5. The summed E-state index contributed by atoms with van der Waals surface area (Å²) in [6, 6.07) is 8.84. The lowest BCUT2D eigenvalue weighted by atomic mass is 9.72. The number of ether oxygens (including phenoxy) is 1. The van der Waals surface area contributed by atoms with Gasteiger partial charge < -0.3 is 4.74 Å². The zero-order valence-electron chi connectivity index (χ0n) is 25.2. The Morgan fingerprint density at radius 3 is 2.17 bits per heavy atom. The van der Waals surface area contributed by atoms with E-state index in [2.05, 4.69) is 51.9 Å². The topological polar surface area (TPSA) is 125 Å². The van der Waals surface area contributed by atoms with Gasteiger partial charge in [0, 0.05) is 6.26 Å². The van der Waals surface area contributed by atoms with Crippen LogP contribution in [0.3, 0.4) is 0 Å². The van der Waals surface area contributed by atoms with Crippen LogP contribution in [0.25, 0.3) is 10.9 Å². The van der Waals surface area contributed by atoms with E-state index in [4.69, 9.17) is 4.74 Å². The Balaban J connectivity index is 2.10. The number of hydrogen-bond acceptors (Lipinski definition) is 8. The van der Waals surface area contributed by atoms with Crippen molar-refractivity contribution in [2.45, 2.75) is 102 Å². The van der Waals surface area contributed by atoms with Gasteiger partial charge in [-0.05, 0) is 64.8 Å². The van der Waals surface area contributed by atoms with Gasteiger partial charge in [0.2, 0.25) is 0 Å². The molecule has 0 saturated heterocycles. The van der Waals surface area contributed by atoms with Crippen molar-refractivity contribution in [3.05, 3.63) is 52.3 Å². The molecule has 0 aliphatic carbocycles. The maximum absolute atomic E-state index is 14.0. The number of fused-ring (bicyclic) bond motifs is 1. The van der Waals surface area contributed by atoms with Gasteiger partial charge in [-0.3, -0.25) is 4.79 Å². The average Bonchev–Trinajstić information content (AvgIpc) is 2.86. The van der Waals surface area contributed by atoms with E-state index in [1.165, 1.54) is 18.6 Å². The summed E-state index contributed by atoms with van der Waals surface area (Å²) in [5, 5.41) is 7.49. The molecule has 0 N–H and O–H groups in total. The van der Waals surface area contributed by atoms with E-state index in [9.17, 15) is 21.6 Å². The largest absolute Gasteiger partial charge is 0.492 e. The maximum Gasteiger partial charge on any atom is 0.292 e. The molecule has 1 aromatic heterocycles. The molecule has 0 radical (unpaired) electrons. The quantitative estimate of drug-likeness (QED) is 0.221. The van der Waals surface area contributed by atoms with Crippen LogP contribution in [0.2, 0.25) is 0 Å². The molecular weight excluding hydrogens is 562 g/mol. The zero-order chi connectivity index (χ0) is 30.6. The van der Waals surface area contributed by atoms with E-state index >= 15 is 0 Å². The first kappa shape index (κ1) is 32.7. The SMILES string of the molecule is CCCCCCCCOc1ccc(C(C)(C)CC(C)(C)C)cc1S(=O)(=O)n1nnc2ccc(S(C)(=O)=O)cc2c1=O. The van der Waals surface area contributed by atoms with Crippen molar-refractivity contribution in [1.82, 2.24) is 14.4 Å². The number of benzene rings is 2. The van der Waals surface area contributed by atoms with Gasteiger partial charge in [0.15, 0.2) is 9.84 Å². The van der Waals surface area contributed by atoms with Crippen molar-refractivity contribution in [2.75, 3.05) is 12.9 Å². The fourth-order valence-electron chi connectivity index (χ4n) is 5.23. The molecule has 0 spiro atoms. The highest BCUT2D eigenvalue weighted by Crippen LogP contribution is 2.39. The van der Waals surface area contributed by atoms with Crippen LogP contribution in [0.15, 0.2) is 51.0 Å². The minimum absolute atomic E-state index is 0.0203. The lowest BCUT2D eigenvalue weighted by Crippen LogP contribution is -2.32. The van der Waals surface area contributed by atoms with E-state index in [0.29, 0.717) is 10.7 Å². The summed E-state index contributed by atoms with van der Waals surface area (Å²) in [6.07, 6.45) is 8.10. The molecule has 0 aliphatic heterocycles. The molecule has 2 aromatic carbocycles. The fourth-order valence-corrected chi connectivity index (χ4v) is 7.17. The Bertz CT molecular complexity index is 1650. The first-order chi connectivity index (χ1) is 19.0. The van der Waals surface area contributed by atoms with Crippen molar-refractivity contribution < 1.29 is 21.6 Å². The van der Waals surface area contributed by atoms with Gasteiger partial charge in [0.25, 0.3) is 15.6 Å². The monoisotopic (exact) mass is 605 g/mol. The molecular formula is C30H43N3O6S2. The molecule has 226 valence electrons. The Morgan fingerprint density at radius 2 is 1.54 bits per heavy atom. The highest BCUT2D eigenvalue weighted by atomic mass is 32.2. The second kappa shape index (κ2) is 12.6. The number of aromatic nitrogens is 3. The Hall–Kier alpha value is -2.79. The van der Waals surface area contributed by atoms with Gasteiger partial charge in [-0.2, -0.15) is 8.42 Å². The molecule has 41 heavy (non-hydrogen) atoms. The van der Waals surface area contributed by atoms with Crippen LogP contribution in [0.1, 0.15) is 92.1 Å². The molecule has 11 heteroatoms. The predicted molar refractivity (Wildman–Crippen MR) is 162 cm³/mol. The average molecular weight is 606 g/mol. The van der Waals surface area contributed by atoms with Crippen LogP contribution in [-0.4, -0.2) is 44.1 Å². The molecule has 0 atom stereocenters. The van der Waals surface area contributed by atoms with Gasteiger partial charge >= 0.3 is 0 Å². The van der Waals surface area contributed by atoms with Gasteiger partial charge in [-0.15, -0.1) is 5.10 Å². The van der Waals surface area contributed by atoms with E-state index in [1.54, 1.807) is 12.1 Å². The summed E-state index contributed by atoms with van der Waals surface area (Å²) in [5.74, 6) is 0.132. The number of nitrogens with zero attached hydrogens (tertiary/aromatic N) is 3. The van der Waals surface area contributed by atoms with Crippen LogP contribution < -0.4 is 10.3 Å². The smallest absolute Gasteiger partial charge is 0.292 e. The summed E-state index contributed by atoms with van der Waals surface area (Å²) >= 11 is 0. The summed E-state index contributed by atoms with van der Waals surface area (Å²) in [7, 11) is -8.21. The standard InChI is InChI=1S/C30H43N3O6S2/c1-8-9-10-11-12-13-18-39-26-17-14-22(30(5,6)21-29(2,3)4)19-27(26)41(37,38)33-28(34)24-20-23(40(7,35)36)15-16-25(24)31-32-33/h14-17,19-20H,8-13,18,21H2,1-7H3. The molecule has 0 aliphatic rings. The summed E-state index contributed by atoms with van der Waals surface area (Å²) in [5.41, 5.74) is -0.521. The van der Waals surface area contributed by atoms with Crippen molar-refractivity contribution in [3.8, 4) is 5.75 Å². The third-order valence-electron chi connectivity index (χ3n) is 6.99. The second-order valence-corrected chi connectivity index (χ2v) is 16.3. The predicted octanol–water partition coefficient (Wildman–Crippen LogP) is 5.89. The lowest BCUT2D eigenvalue weighted by molar-refractivity contribution is 0.281. The number of hydrogen-bond donors (Lipinski definition) is 0. The highest BCUT2D eigenvalue weighted by Gasteiger charge is 2.32. The van der Waals surface area contributed by atoms with Crippen LogP contribution in [0.4, 0.5) is 0 Å². The molecule has 9 nitrogen and oxygen atoms in total. The minimum atomic E-state index is -4.57. The van der Waals surface area contributed by atoms with Crippen LogP contribution in [0.5, 0.6) is 5.75 Å². The maximum atomic E-state index is 14.0. The Kier molecular flexibility index (Phi) is 10.1. The van der Waals surface area contributed by atoms with Crippen molar-refractivity contribution in [2.24, 2.45) is 5.41 Å². The van der Waals surface area contributed by atoms with E-state index in [0.717, 1.165) is 56.4 Å². The second-order valence-electron chi connectivity index (χ2n) is 12.6. The molecule has 3 rings (SSSR count). The number of rotatable bonds is 13. The van der Waals surface area contributed by atoms with Crippen molar-refractivity contribution in [3.63, 3.8) is 0 Å². The van der Waals surface area contributed by atoms with E-state index in [1.807, 2.05) is 6.07 Å². The number of sulfone groups is 1. The third-order valence-corrected chi connectivity index (χ3v) is 9.67. The lowest BCUT2D eigenvalue weighted by Gasteiger charge is -2.33. The van der Waals surface area contributed by atoms with Gasteiger partial charge in [-0.25, -0.2) is 8.42 Å². The third kappa shape index (κ3) is 8.16. The molecule has 0 fully saturated rings. The van der Waals surface area contributed by atoms with Crippen molar-refractivity contribution in [1.29, 1.82) is 0 Å². The first-order valence-electron chi connectivity index (χ1n) is 14.1. The summed E-state index contributed by atoms with van der Waals surface area (Å²) in [4.78, 5) is 13.1. The molecule has 3 aromatic rings. The zero-order valence-corrected chi connectivity index (χ0v) is 26.9. The molecule has 0 unspecified atom stereocenters. The van der Waals surface area contributed by atoms with Crippen molar-refractivity contribution >= 4 is 30.8 Å². The van der Waals surface area contributed by atoms with E-state index < -0.39 is 25.4 Å². The Labute approximate surface area is 244 Å². The van der Waals surface area contributed by atoms with Gasteiger partial charge in [-0.1, -0.05) is 83.8 Å². The van der Waals surface area contributed by atoms with Gasteiger partial charge in [0.05, 0.1) is 16.9 Å². The van der Waals surface area contributed by atoms with Crippen LogP contribution >= 0.6 is 0 Å². The highest BCUT2D eigenvalue weighted by molar-refractivity contribution is 7.90. The molecule has 1 heterocycles. The van der Waals surface area contributed by atoms with E-state index in [-0.39, 0.29) is 37.3 Å². The van der Waals surface area contributed by atoms with Crippen LogP contribution in [0, 0.1) is 5.41 Å². The summed E-state index contributed by atoms with van der Waals surface area (Å²) in [6.45, 7) is 13.0. The molecule has 0 saturated carbocycles. The molecule has 0 amide bonds. The first-order valence-corrected chi connectivity index (χ1v) is 17.4. The van der Waals surface area contributed by atoms with Crippen LogP contribution in [-0.2, 0) is 25.3 Å². The fraction of sp³-hybridized carbons (Fsp3) is 0.567. The normalized spacial score (nSPS) is 13.0. The summed E-state index contributed by atoms with van der Waals surface area (Å²) < 4.78 is 58.6. The Morgan fingerprint density at radius 1 is 0.878 bits per heavy atom.